The maximum atomic E-state index is 10.6. The molecular weight excluding hydrogens is 300 g/mol. The molecule has 0 aliphatic carbocycles. The highest BCUT2D eigenvalue weighted by Gasteiger charge is 2.38. The summed E-state index contributed by atoms with van der Waals surface area (Å²) in [5.41, 5.74) is -2.06. The lowest BCUT2D eigenvalue weighted by Crippen LogP contribution is -2.40. The summed E-state index contributed by atoms with van der Waals surface area (Å²) in [6.07, 6.45) is 0. The zero-order valence-corrected chi connectivity index (χ0v) is 11.1. The average Bonchev–Trinajstić information content (AvgIpc) is 1.65. The largest absolute Gasteiger partial charge is 0.286 e. The predicted molar refractivity (Wildman–Crippen MR) is 57.4 cm³/mol. The topological polar surface area (TPSA) is 163 Å². The van der Waals surface area contributed by atoms with E-state index in [1.807, 2.05) is 0 Å². The van der Waals surface area contributed by atoms with Crippen LogP contribution < -0.4 is 0 Å². The number of rotatable bonds is 6. The fourth-order valence-corrected chi connectivity index (χ4v) is 5.09. The first-order valence-electron chi connectivity index (χ1n) is 3.97. The minimum atomic E-state index is -4.68. The Kier molecular flexibility index (Phi) is 4.70. The summed E-state index contributed by atoms with van der Waals surface area (Å²) in [6, 6.07) is 0. The summed E-state index contributed by atoms with van der Waals surface area (Å²) >= 11 is 0. The molecule has 0 spiro atoms. The molecule has 0 aliphatic heterocycles. The van der Waals surface area contributed by atoms with E-state index >= 15 is 0 Å². The van der Waals surface area contributed by atoms with Crippen LogP contribution >= 0.6 is 0 Å². The Labute approximate surface area is 99.1 Å². The second-order valence-electron chi connectivity index (χ2n) is 3.99. The Balaban J connectivity index is 5.37. The van der Waals surface area contributed by atoms with Crippen molar-refractivity contribution in [1.82, 2.24) is 0 Å². The zero-order chi connectivity index (χ0) is 14.1. The molecule has 0 fully saturated rings. The summed E-state index contributed by atoms with van der Waals surface area (Å²) in [4.78, 5) is 0. The quantitative estimate of drug-likeness (QED) is 0.503. The van der Waals surface area contributed by atoms with Gasteiger partial charge in [0.25, 0.3) is 30.4 Å². The molecule has 0 bridgehead atoms. The third kappa shape index (κ3) is 9.43. The smallest absolute Gasteiger partial charge is 0.265 e. The van der Waals surface area contributed by atoms with Gasteiger partial charge in [0.15, 0.2) is 0 Å². The van der Waals surface area contributed by atoms with Crippen LogP contribution in [0.1, 0.15) is 6.92 Å². The molecule has 12 heteroatoms. The van der Waals surface area contributed by atoms with Gasteiger partial charge < -0.3 is 0 Å². The van der Waals surface area contributed by atoms with Gasteiger partial charge in [0, 0.05) is 5.41 Å². The second kappa shape index (κ2) is 4.78. The molecule has 3 N–H and O–H groups in total. The molecule has 0 aromatic heterocycles. The summed E-state index contributed by atoms with van der Waals surface area (Å²) < 4.78 is 89.4. The van der Waals surface area contributed by atoms with E-state index in [9.17, 15) is 25.3 Å². The highest BCUT2D eigenvalue weighted by molar-refractivity contribution is 7.87. The maximum absolute atomic E-state index is 10.6. The summed E-state index contributed by atoms with van der Waals surface area (Å²) in [6.45, 7) is 0.877. The molecule has 0 unspecified atom stereocenters. The van der Waals surface area contributed by atoms with Gasteiger partial charge in [-0.05, 0) is 0 Å². The van der Waals surface area contributed by atoms with Gasteiger partial charge in [-0.15, -0.1) is 0 Å². The first kappa shape index (κ1) is 16.7. The second-order valence-corrected chi connectivity index (χ2v) is 8.35. The highest BCUT2D eigenvalue weighted by atomic mass is 32.2. The van der Waals surface area contributed by atoms with Gasteiger partial charge in [-0.2, -0.15) is 25.3 Å². The fraction of sp³-hybridized carbons (Fsp3) is 1.00. The van der Waals surface area contributed by atoms with Crippen molar-refractivity contribution in [2.75, 3.05) is 17.3 Å². The van der Waals surface area contributed by atoms with E-state index in [4.69, 9.17) is 13.7 Å². The molecule has 0 saturated heterocycles. The summed E-state index contributed by atoms with van der Waals surface area (Å²) in [5.74, 6) is -3.71. The molecule has 0 aliphatic rings. The number of hydrogen-bond donors (Lipinski definition) is 3. The summed E-state index contributed by atoms with van der Waals surface area (Å²) in [5, 5.41) is 0. The Morgan fingerprint density at radius 1 is 0.706 bits per heavy atom. The highest BCUT2D eigenvalue weighted by Crippen LogP contribution is 2.23. The van der Waals surface area contributed by atoms with Gasteiger partial charge in [0.05, 0.1) is 17.3 Å². The molecule has 17 heavy (non-hydrogen) atoms. The lowest BCUT2D eigenvalue weighted by molar-refractivity contribution is 0.390. The Morgan fingerprint density at radius 2 is 0.882 bits per heavy atom. The summed E-state index contributed by atoms with van der Waals surface area (Å²) in [7, 11) is -14.0. The van der Waals surface area contributed by atoms with Crippen LogP contribution in [0.3, 0.4) is 0 Å². The fourth-order valence-electron chi connectivity index (χ4n) is 1.45. The predicted octanol–water partition coefficient (Wildman–Crippen LogP) is -1.34. The van der Waals surface area contributed by atoms with E-state index in [2.05, 4.69) is 0 Å². The Hall–Kier alpha value is -0.270. The first-order valence-corrected chi connectivity index (χ1v) is 8.80. The maximum Gasteiger partial charge on any atom is 0.265 e. The third-order valence-electron chi connectivity index (χ3n) is 1.59. The molecule has 0 aromatic carbocycles. The minimum absolute atomic E-state index is 0.877. The van der Waals surface area contributed by atoms with E-state index in [-0.39, 0.29) is 0 Å². The van der Waals surface area contributed by atoms with Crippen molar-refractivity contribution >= 4 is 30.4 Å². The Bertz CT molecular complexity index is 483. The van der Waals surface area contributed by atoms with Crippen LogP contribution in [-0.4, -0.2) is 56.2 Å². The molecule has 0 aromatic rings. The van der Waals surface area contributed by atoms with E-state index in [1.165, 1.54) is 0 Å². The first-order chi connectivity index (χ1) is 7.12. The number of hydrogen-bond acceptors (Lipinski definition) is 6. The van der Waals surface area contributed by atoms with Gasteiger partial charge in [0.2, 0.25) is 0 Å². The standard InChI is InChI=1S/C5H12O9S3/c1-5(2-15(6,7)8,3-16(9,10)11)4-17(12,13)14/h2-4H2,1H3,(H,6,7,8)(H,9,10,11)(H,12,13,14). The van der Waals surface area contributed by atoms with Gasteiger partial charge in [-0.1, -0.05) is 6.92 Å². The third-order valence-corrected chi connectivity index (χ3v) is 4.78. The molecule has 0 rings (SSSR count). The minimum Gasteiger partial charge on any atom is -0.286 e. The monoisotopic (exact) mass is 312 g/mol. The van der Waals surface area contributed by atoms with Gasteiger partial charge in [-0.25, -0.2) is 0 Å². The lowest BCUT2D eigenvalue weighted by atomic mass is 10.00. The Morgan fingerprint density at radius 3 is 1.00 bits per heavy atom. The van der Waals surface area contributed by atoms with Crippen LogP contribution in [-0.2, 0) is 30.4 Å². The normalized spacial score (nSPS) is 14.8. The zero-order valence-electron chi connectivity index (χ0n) is 8.64. The molecule has 0 atom stereocenters. The molecule has 0 radical (unpaired) electrons. The van der Waals surface area contributed by atoms with E-state index in [0.29, 0.717) is 0 Å². The van der Waals surface area contributed by atoms with Crippen LogP contribution in [0, 0.1) is 5.41 Å². The van der Waals surface area contributed by atoms with Crippen molar-refractivity contribution in [3.8, 4) is 0 Å². The van der Waals surface area contributed by atoms with Crippen LogP contribution in [0.5, 0.6) is 0 Å². The van der Waals surface area contributed by atoms with Gasteiger partial charge in [-0.3, -0.25) is 13.7 Å². The molecule has 9 nitrogen and oxygen atoms in total. The van der Waals surface area contributed by atoms with Crippen molar-refractivity contribution in [3.05, 3.63) is 0 Å². The average molecular weight is 312 g/mol. The van der Waals surface area contributed by atoms with Crippen LogP contribution in [0.25, 0.3) is 0 Å². The van der Waals surface area contributed by atoms with E-state index in [0.717, 1.165) is 6.92 Å². The van der Waals surface area contributed by atoms with E-state index < -0.39 is 53.0 Å². The van der Waals surface area contributed by atoms with Crippen LogP contribution in [0.4, 0.5) is 0 Å². The molecular formula is C5H12O9S3. The van der Waals surface area contributed by atoms with Crippen molar-refractivity contribution < 1.29 is 38.9 Å². The van der Waals surface area contributed by atoms with Crippen molar-refractivity contribution in [3.63, 3.8) is 0 Å². The molecule has 0 heterocycles. The van der Waals surface area contributed by atoms with Crippen molar-refractivity contribution in [1.29, 1.82) is 0 Å². The SMILES string of the molecule is CC(CS(=O)(=O)O)(CS(=O)(=O)O)CS(=O)(=O)O. The van der Waals surface area contributed by atoms with Crippen molar-refractivity contribution in [2.24, 2.45) is 5.41 Å². The molecule has 104 valence electrons. The molecule has 0 amide bonds. The van der Waals surface area contributed by atoms with Crippen LogP contribution in [0.2, 0.25) is 0 Å². The van der Waals surface area contributed by atoms with Crippen LogP contribution in [0.15, 0.2) is 0 Å². The van der Waals surface area contributed by atoms with Gasteiger partial charge >= 0.3 is 0 Å². The van der Waals surface area contributed by atoms with E-state index in [1.54, 1.807) is 0 Å². The lowest BCUT2D eigenvalue weighted by Gasteiger charge is -2.24. The molecule has 0 saturated carbocycles. The van der Waals surface area contributed by atoms with Crippen molar-refractivity contribution in [2.45, 2.75) is 6.92 Å². The van der Waals surface area contributed by atoms with Gasteiger partial charge in [0.1, 0.15) is 0 Å².